The van der Waals surface area contributed by atoms with Crippen molar-refractivity contribution in [2.45, 2.75) is 41.5 Å². The molecule has 19 heavy (non-hydrogen) atoms. The molecule has 0 aliphatic rings. The van der Waals surface area contributed by atoms with Gasteiger partial charge in [0.2, 0.25) is 0 Å². The van der Waals surface area contributed by atoms with Crippen LogP contribution in [0.15, 0.2) is 6.07 Å². The Labute approximate surface area is 117 Å². The maximum Gasteiger partial charge on any atom is 0.178 e. The number of rotatable bonds is 7. The molecule has 0 saturated carbocycles. The molecule has 0 radical (unpaired) electrons. The van der Waals surface area contributed by atoms with Crippen molar-refractivity contribution in [2.24, 2.45) is 11.8 Å². The smallest absolute Gasteiger partial charge is 0.178 e. The van der Waals surface area contributed by atoms with Gasteiger partial charge in [-0.15, -0.1) is 0 Å². The first-order valence-electron chi connectivity index (χ1n) is 7.21. The van der Waals surface area contributed by atoms with Gasteiger partial charge in [-0.05, 0) is 31.7 Å². The molecule has 108 valence electrons. The van der Waals surface area contributed by atoms with E-state index >= 15 is 0 Å². The van der Waals surface area contributed by atoms with Gasteiger partial charge in [0.15, 0.2) is 5.78 Å². The van der Waals surface area contributed by atoms with Crippen LogP contribution in [0.4, 0.5) is 0 Å². The highest BCUT2D eigenvalue weighted by Gasteiger charge is 2.17. The zero-order valence-electron chi connectivity index (χ0n) is 13.2. The predicted octanol–water partition coefficient (Wildman–Crippen LogP) is 3.43. The summed E-state index contributed by atoms with van der Waals surface area (Å²) in [4.78, 5) is 17.9. The molecule has 3 nitrogen and oxygen atoms in total. The lowest BCUT2D eigenvalue weighted by Gasteiger charge is -2.25. The lowest BCUT2D eigenvalue weighted by molar-refractivity contribution is 0.0912. The van der Waals surface area contributed by atoms with Gasteiger partial charge in [0.25, 0.3) is 0 Å². The average Bonchev–Trinajstić information content (AvgIpc) is 2.55. The molecule has 1 rings (SSSR count). The average molecular weight is 264 g/mol. The van der Waals surface area contributed by atoms with Crippen LogP contribution in [0.5, 0.6) is 0 Å². The molecule has 0 aliphatic heterocycles. The van der Waals surface area contributed by atoms with Gasteiger partial charge >= 0.3 is 0 Å². The second-order valence-electron chi connectivity index (χ2n) is 6.40. The molecule has 0 spiro atoms. The van der Waals surface area contributed by atoms with E-state index < -0.39 is 0 Å². The molecule has 0 aliphatic carbocycles. The molecule has 1 heterocycles. The van der Waals surface area contributed by atoms with E-state index in [9.17, 15) is 4.79 Å². The summed E-state index contributed by atoms with van der Waals surface area (Å²) in [5.74, 6) is 1.39. The normalized spacial score (nSPS) is 11.8. The summed E-state index contributed by atoms with van der Waals surface area (Å²) in [6.45, 7) is 15.2. The van der Waals surface area contributed by atoms with Gasteiger partial charge < -0.3 is 4.98 Å². The zero-order chi connectivity index (χ0) is 14.6. The Morgan fingerprint density at radius 1 is 1.16 bits per heavy atom. The van der Waals surface area contributed by atoms with E-state index in [2.05, 4.69) is 37.6 Å². The van der Waals surface area contributed by atoms with Gasteiger partial charge in [0.1, 0.15) is 0 Å². The number of hydrogen-bond donors (Lipinski definition) is 1. The minimum absolute atomic E-state index is 0.225. The first-order chi connectivity index (χ1) is 8.79. The number of aromatic amines is 1. The number of aryl methyl sites for hydroxylation is 2. The molecular formula is C16H28N2O. The van der Waals surface area contributed by atoms with Crippen LogP contribution in [0, 0.1) is 25.7 Å². The van der Waals surface area contributed by atoms with Gasteiger partial charge in [-0.3, -0.25) is 9.69 Å². The highest BCUT2D eigenvalue weighted by Crippen LogP contribution is 2.12. The monoisotopic (exact) mass is 264 g/mol. The number of nitrogens with one attached hydrogen (secondary N) is 1. The van der Waals surface area contributed by atoms with Crippen molar-refractivity contribution in [3.8, 4) is 0 Å². The molecule has 0 atom stereocenters. The zero-order valence-corrected chi connectivity index (χ0v) is 13.2. The van der Waals surface area contributed by atoms with Gasteiger partial charge in [-0.25, -0.2) is 0 Å². The lowest BCUT2D eigenvalue weighted by atomic mass is 10.1. The van der Waals surface area contributed by atoms with E-state index in [0.717, 1.165) is 30.0 Å². The van der Waals surface area contributed by atoms with Crippen LogP contribution < -0.4 is 0 Å². The third-order valence-electron chi connectivity index (χ3n) is 3.06. The second kappa shape index (κ2) is 6.90. The minimum Gasteiger partial charge on any atom is -0.362 e. The second-order valence-corrected chi connectivity index (χ2v) is 6.40. The van der Waals surface area contributed by atoms with E-state index in [1.165, 1.54) is 0 Å². The largest absolute Gasteiger partial charge is 0.362 e. The van der Waals surface area contributed by atoms with Crippen LogP contribution in [0.25, 0.3) is 0 Å². The standard InChI is InChI=1S/C16H28N2O/c1-11(2)8-18(9-12(3)4)10-16(19)15-7-13(5)17-14(15)6/h7,11-12,17H,8-10H2,1-6H3. The molecule has 0 bridgehead atoms. The van der Waals surface area contributed by atoms with Crippen molar-refractivity contribution in [1.82, 2.24) is 9.88 Å². The summed E-state index contributed by atoms with van der Waals surface area (Å²) < 4.78 is 0. The third-order valence-corrected chi connectivity index (χ3v) is 3.06. The van der Waals surface area contributed by atoms with Crippen LogP contribution in [0.2, 0.25) is 0 Å². The van der Waals surface area contributed by atoms with Crippen molar-refractivity contribution >= 4 is 5.78 Å². The lowest BCUT2D eigenvalue weighted by Crippen LogP contribution is -2.35. The number of aromatic nitrogens is 1. The summed E-state index contributed by atoms with van der Waals surface area (Å²) >= 11 is 0. The van der Waals surface area contributed by atoms with Crippen LogP contribution in [0.1, 0.15) is 49.4 Å². The maximum atomic E-state index is 12.4. The number of carbonyl (C=O) groups excluding carboxylic acids is 1. The SMILES string of the molecule is Cc1cc(C(=O)CN(CC(C)C)CC(C)C)c(C)[nH]1. The predicted molar refractivity (Wildman–Crippen MR) is 80.7 cm³/mol. The third kappa shape index (κ3) is 5.19. The van der Waals surface area contributed by atoms with Crippen molar-refractivity contribution in [2.75, 3.05) is 19.6 Å². The van der Waals surface area contributed by atoms with Crippen molar-refractivity contribution < 1.29 is 4.79 Å². The molecule has 1 aromatic heterocycles. The van der Waals surface area contributed by atoms with Gasteiger partial charge in [-0.2, -0.15) is 0 Å². The molecule has 0 unspecified atom stereocenters. The summed E-state index contributed by atoms with van der Waals surface area (Å²) in [5, 5.41) is 0. The van der Waals surface area contributed by atoms with E-state index in [1.54, 1.807) is 0 Å². The molecule has 0 saturated heterocycles. The minimum atomic E-state index is 0.225. The summed E-state index contributed by atoms with van der Waals surface area (Å²) in [5.41, 5.74) is 2.88. The Morgan fingerprint density at radius 2 is 1.68 bits per heavy atom. The topological polar surface area (TPSA) is 36.1 Å². The van der Waals surface area contributed by atoms with E-state index in [-0.39, 0.29) is 5.78 Å². The van der Waals surface area contributed by atoms with Crippen molar-refractivity contribution in [3.05, 3.63) is 23.0 Å². The highest BCUT2D eigenvalue weighted by molar-refractivity contribution is 5.98. The molecule has 0 aromatic carbocycles. The first-order valence-corrected chi connectivity index (χ1v) is 7.21. The molecular weight excluding hydrogens is 236 g/mol. The molecule has 3 heteroatoms. The summed E-state index contributed by atoms with van der Waals surface area (Å²) in [6.07, 6.45) is 0. The fraction of sp³-hybridized carbons (Fsp3) is 0.688. The number of ketones is 1. The molecule has 0 amide bonds. The Balaban J connectivity index is 2.72. The van der Waals surface area contributed by atoms with Gasteiger partial charge in [-0.1, -0.05) is 27.7 Å². The Bertz CT molecular complexity index is 408. The summed E-state index contributed by atoms with van der Waals surface area (Å²) in [7, 11) is 0. The Morgan fingerprint density at radius 3 is 2.05 bits per heavy atom. The summed E-state index contributed by atoms with van der Waals surface area (Å²) in [6, 6.07) is 1.96. The number of nitrogens with zero attached hydrogens (tertiary/aromatic N) is 1. The Kier molecular flexibility index (Phi) is 5.80. The van der Waals surface area contributed by atoms with Gasteiger partial charge in [0.05, 0.1) is 6.54 Å². The molecule has 1 N–H and O–H groups in total. The van der Waals surface area contributed by atoms with Crippen LogP contribution in [0.3, 0.4) is 0 Å². The van der Waals surface area contributed by atoms with Crippen molar-refractivity contribution in [3.63, 3.8) is 0 Å². The molecule has 1 aromatic rings. The number of hydrogen-bond acceptors (Lipinski definition) is 2. The van der Waals surface area contributed by atoms with E-state index in [0.29, 0.717) is 18.4 Å². The quantitative estimate of drug-likeness (QED) is 0.766. The van der Waals surface area contributed by atoms with E-state index in [1.807, 2.05) is 19.9 Å². The van der Waals surface area contributed by atoms with Crippen LogP contribution in [-0.4, -0.2) is 35.3 Å². The number of carbonyl (C=O) groups is 1. The number of Topliss-reactive ketones (excluding diaryl/α,β-unsaturated/α-hetero) is 1. The van der Waals surface area contributed by atoms with Gasteiger partial charge in [0, 0.05) is 30.0 Å². The molecule has 0 fully saturated rings. The van der Waals surface area contributed by atoms with Crippen LogP contribution >= 0.6 is 0 Å². The van der Waals surface area contributed by atoms with E-state index in [4.69, 9.17) is 0 Å². The van der Waals surface area contributed by atoms with Crippen molar-refractivity contribution in [1.29, 1.82) is 0 Å². The first kappa shape index (κ1) is 16.0. The fourth-order valence-corrected chi connectivity index (χ4v) is 2.54. The maximum absolute atomic E-state index is 12.4. The Hall–Kier alpha value is -1.09. The fourth-order valence-electron chi connectivity index (χ4n) is 2.54. The number of H-pyrrole nitrogens is 1. The van der Waals surface area contributed by atoms with Crippen LogP contribution in [-0.2, 0) is 0 Å². The highest BCUT2D eigenvalue weighted by atomic mass is 16.1.